The molecule has 0 bridgehead atoms. The molecule has 4 nitrogen and oxygen atoms in total. The van der Waals surface area contributed by atoms with Gasteiger partial charge in [-0.2, -0.15) is 0 Å². The summed E-state index contributed by atoms with van der Waals surface area (Å²) in [6, 6.07) is -5.96. The number of aromatic nitrogens is 1. The molecule has 0 spiro atoms. The Hall–Kier alpha value is -1.07. The summed E-state index contributed by atoms with van der Waals surface area (Å²) in [5.74, 6) is 0. The molecule has 3 rings (SSSR count). The van der Waals surface area contributed by atoms with E-state index in [4.69, 9.17) is 29.9 Å². The van der Waals surface area contributed by atoms with Gasteiger partial charge in [-0.25, -0.2) is 0 Å². The van der Waals surface area contributed by atoms with Gasteiger partial charge in [0.1, 0.15) is 0 Å². The van der Waals surface area contributed by atoms with E-state index < -0.39 is 86.3 Å². The van der Waals surface area contributed by atoms with Crippen LogP contribution in [0.25, 0.3) is 0 Å². The van der Waals surface area contributed by atoms with Crippen molar-refractivity contribution >= 4 is 18.4 Å². The van der Waals surface area contributed by atoms with Gasteiger partial charge in [0, 0.05) is 39.5 Å². The molecule has 22 heavy (non-hydrogen) atoms. The Kier molecular flexibility index (Phi) is 1.45. The molecule has 5 heteroatoms. The van der Waals surface area contributed by atoms with Gasteiger partial charge in [0.2, 0.25) is 0 Å². The van der Waals surface area contributed by atoms with E-state index in [9.17, 15) is 0 Å². The van der Waals surface area contributed by atoms with Gasteiger partial charge < -0.3 is 14.2 Å². The van der Waals surface area contributed by atoms with Crippen LogP contribution in [0.15, 0.2) is 18.3 Å². The van der Waals surface area contributed by atoms with Crippen molar-refractivity contribution in [3.63, 3.8) is 0 Å². The molecule has 1 atom stereocenters. The molecule has 120 valence electrons. The van der Waals surface area contributed by atoms with E-state index in [0.29, 0.717) is 0 Å². The zero-order valence-corrected chi connectivity index (χ0v) is 12.8. The minimum atomic E-state index is -3.94. The molecule has 2 saturated heterocycles. The van der Waals surface area contributed by atoms with Gasteiger partial charge >= 0.3 is 7.12 Å². The van der Waals surface area contributed by atoms with Gasteiger partial charge in [0.05, 0.1) is 22.3 Å². The topological polar surface area (TPSA) is 34.6 Å². The molecule has 0 amide bonds. The third-order valence-electron chi connectivity index (χ3n) is 3.93. The maximum absolute atomic E-state index is 8.76. The van der Waals surface area contributed by atoms with Gasteiger partial charge in [-0.3, -0.25) is 4.98 Å². The Bertz CT molecular complexity index is 1110. The van der Waals surface area contributed by atoms with Crippen molar-refractivity contribution in [3.05, 3.63) is 18.3 Å². The van der Waals surface area contributed by atoms with Crippen LogP contribution in [0.3, 0.4) is 0 Å². The summed E-state index contributed by atoms with van der Waals surface area (Å²) < 4.78 is 136. The molecule has 1 aromatic rings. The first-order valence-electron chi connectivity index (χ1n) is 14.3. The summed E-state index contributed by atoms with van der Waals surface area (Å²) in [5, 5.41) is 0. The highest BCUT2D eigenvalue weighted by atomic mass is 16.7. The second-order valence-electron chi connectivity index (χ2n) is 5.97. The predicted molar refractivity (Wildman–Crippen MR) is 90.6 cm³/mol. The minimum Gasteiger partial charge on any atom is -0.398 e. The van der Waals surface area contributed by atoms with E-state index in [1.54, 1.807) is 27.7 Å². The van der Waals surface area contributed by atoms with E-state index in [-0.39, 0.29) is 4.90 Å². The van der Waals surface area contributed by atoms with Gasteiger partial charge in [-0.1, -0.05) is 0 Å². The van der Waals surface area contributed by atoms with Crippen molar-refractivity contribution in [2.45, 2.75) is 70.9 Å². The predicted octanol–water partition coefficient (Wildman–Crippen LogP) is 2.76. The second kappa shape index (κ2) is 5.53. The molecule has 1 unspecified atom stereocenters. The van der Waals surface area contributed by atoms with E-state index in [0.717, 1.165) is 0 Å². The fraction of sp³-hybridized carbons (Fsp3) is 0.706. The van der Waals surface area contributed by atoms with Crippen LogP contribution in [0.1, 0.15) is 74.2 Å². The molecular formula is C17H27BN2O2. The number of nitrogens with zero attached hydrogens (tertiary/aromatic N) is 2. The van der Waals surface area contributed by atoms with Crippen LogP contribution < -0.4 is 10.5 Å². The summed E-state index contributed by atoms with van der Waals surface area (Å²) >= 11 is 0. The van der Waals surface area contributed by atoms with Gasteiger partial charge in [0.25, 0.3) is 0 Å². The highest BCUT2D eigenvalue weighted by molar-refractivity contribution is 6.61. The zero-order valence-electron chi connectivity index (χ0n) is 27.8. The quantitative estimate of drug-likeness (QED) is 0.786. The van der Waals surface area contributed by atoms with Crippen LogP contribution in [-0.2, 0) is 9.31 Å². The Morgan fingerprint density at radius 2 is 2.14 bits per heavy atom. The highest BCUT2D eigenvalue weighted by Crippen LogP contribution is 2.36. The Morgan fingerprint density at radius 1 is 1.41 bits per heavy atom. The molecule has 0 saturated carbocycles. The molecule has 0 aliphatic carbocycles. The van der Waals surface area contributed by atoms with Gasteiger partial charge in [-0.15, -0.1) is 0 Å². The largest absolute Gasteiger partial charge is 0.514 e. The number of hydrogen-bond donors (Lipinski definition) is 0. The lowest BCUT2D eigenvalue weighted by molar-refractivity contribution is 0.00578. The van der Waals surface area contributed by atoms with Crippen LogP contribution in [0, 0.1) is 0 Å². The molecule has 1 aromatic heterocycles. The summed E-state index contributed by atoms with van der Waals surface area (Å²) in [5.41, 5.74) is -3.59. The van der Waals surface area contributed by atoms with Gasteiger partial charge in [0.15, 0.2) is 0 Å². The lowest BCUT2D eigenvalue weighted by Crippen LogP contribution is -2.41. The lowest BCUT2D eigenvalue weighted by atomic mass is 9.84. The van der Waals surface area contributed by atoms with Crippen molar-refractivity contribution < 1.29 is 29.9 Å². The fourth-order valence-electron chi connectivity index (χ4n) is 1.95. The van der Waals surface area contributed by atoms with E-state index >= 15 is 0 Å². The Balaban J connectivity index is 2.45. The third-order valence-corrected chi connectivity index (χ3v) is 3.93. The number of piperidine rings is 1. The number of rotatable bonds is 2. The van der Waals surface area contributed by atoms with Crippen molar-refractivity contribution in [3.8, 4) is 0 Å². The maximum atomic E-state index is 8.76. The molecular weight excluding hydrogens is 275 g/mol. The molecule has 0 N–H and O–H groups in total. The number of hydrogen-bond acceptors (Lipinski definition) is 4. The van der Waals surface area contributed by atoms with E-state index in [1.807, 2.05) is 0 Å². The van der Waals surface area contributed by atoms with Crippen molar-refractivity contribution in [2.24, 2.45) is 0 Å². The monoisotopic (exact) mass is 317 g/mol. The Morgan fingerprint density at radius 3 is 2.82 bits per heavy atom. The van der Waals surface area contributed by atoms with Crippen molar-refractivity contribution in [1.29, 1.82) is 0 Å². The molecule has 2 fully saturated rings. The first-order chi connectivity index (χ1) is 16.1. The second-order valence-corrected chi connectivity index (χ2v) is 5.97. The highest BCUT2D eigenvalue weighted by Gasteiger charge is 2.52. The fourth-order valence-corrected chi connectivity index (χ4v) is 1.95. The lowest BCUT2D eigenvalue weighted by Gasteiger charge is -2.35. The number of anilines is 1. The van der Waals surface area contributed by atoms with Crippen molar-refractivity contribution in [1.82, 2.24) is 4.98 Å². The first kappa shape index (κ1) is 5.78. The number of pyridine rings is 1. The third kappa shape index (κ3) is 2.76. The van der Waals surface area contributed by atoms with Crippen LogP contribution in [0.5, 0.6) is 0 Å². The average molecular weight is 317 g/mol. The molecule has 2 aliphatic heterocycles. The van der Waals surface area contributed by atoms with E-state index in [1.165, 1.54) is 0 Å². The summed E-state index contributed by atoms with van der Waals surface area (Å²) in [6.45, 7) is -1.01. The molecule has 0 aromatic carbocycles. The SMILES string of the molecule is [2H]c1nc(B2OC(C)(C)C(C)(C)O2)c([2H])c(N2C([2H])([2H])C([2H])([2H])C([2H])([2H])C([2H])([2H])C2([2H])C([2H])([2H])[2H])c1[2H]. The smallest absolute Gasteiger partial charge is 0.398 e. The van der Waals surface area contributed by atoms with Crippen LogP contribution in [0.4, 0.5) is 5.69 Å². The van der Waals surface area contributed by atoms with Crippen LogP contribution >= 0.6 is 0 Å². The molecule has 2 aliphatic rings. The van der Waals surface area contributed by atoms with Crippen molar-refractivity contribution in [2.75, 3.05) is 11.4 Å². The maximum Gasteiger partial charge on any atom is 0.514 e. The Labute approximate surface area is 155 Å². The standard InChI is InChI=1S/C17H27BN2O2/c1-13-8-6-7-11-20(13)14-9-10-19-15(12-14)18-21-16(2,3)17(4,5)22-18/h9-10,12-13H,6-8,11H2,1-5H3/i1D3,6D2,7D2,8D2,9D,10D,11D2,12D,13D. The molecule has 0 radical (unpaired) electrons. The summed E-state index contributed by atoms with van der Waals surface area (Å²) in [6.07, 6.45) is -12.6. The normalized spacial score (nSPS) is 50.3. The molecule has 3 heterocycles. The van der Waals surface area contributed by atoms with Crippen LogP contribution in [0.2, 0.25) is 0 Å². The zero-order chi connectivity index (χ0) is 29.2. The van der Waals surface area contributed by atoms with E-state index in [2.05, 4.69) is 4.98 Å². The van der Waals surface area contributed by atoms with Gasteiger partial charge in [-0.05, 0) is 65.8 Å². The summed E-state index contributed by atoms with van der Waals surface area (Å²) in [4.78, 5) is 3.59. The minimum absolute atomic E-state index is 0.243. The average Bonchev–Trinajstić information content (AvgIpc) is 2.91. The first-order valence-corrected chi connectivity index (χ1v) is 6.79. The van der Waals surface area contributed by atoms with Crippen LogP contribution in [-0.4, -0.2) is 35.8 Å². The summed E-state index contributed by atoms with van der Waals surface area (Å²) in [7, 11) is -1.47.